The monoisotopic (exact) mass is 372 g/mol. The lowest BCUT2D eigenvalue weighted by Gasteiger charge is -2.18. The zero-order chi connectivity index (χ0) is 19.5. The van der Waals surface area contributed by atoms with Crippen LogP contribution in [0.5, 0.6) is 0 Å². The molecule has 0 unspecified atom stereocenters. The Balaban J connectivity index is 1.64. The molecule has 0 saturated heterocycles. The van der Waals surface area contributed by atoms with Gasteiger partial charge in [-0.25, -0.2) is 4.68 Å². The fourth-order valence-corrected chi connectivity index (χ4v) is 3.38. The van der Waals surface area contributed by atoms with Crippen LogP contribution in [-0.4, -0.2) is 27.2 Å². The van der Waals surface area contributed by atoms with Crippen LogP contribution < -0.4 is 10.9 Å². The lowest BCUT2D eigenvalue weighted by Crippen LogP contribution is -2.31. The van der Waals surface area contributed by atoms with Gasteiger partial charge in [0.2, 0.25) is 0 Å². The molecule has 0 spiro atoms. The molecule has 0 aliphatic carbocycles. The van der Waals surface area contributed by atoms with Gasteiger partial charge in [-0.1, -0.05) is 48.5 Å². The van der Waals surface area contributed by atoms with E-state index in [2.05, 4.69) is 33.6 Å². The minimum absolute atomic E-state index is 0.0196. The van der Waals surface area contributed by atoms with Crippen LogP contribution in [0.4, 0.5) is 0 Å². The first-order valence-electron chi connectivity index (χ1n) is 9.07. The number of H-pyrrole nitrogens is 1. The lowest BCUT2D eigenvalue weighted by molar-refractivity contribution is 0.0945. The number of hydrogen-bond donors (Lipinski definition) is 2. The van der Waals surface area contributed by atoms with Gasteiger partial charge in [0.1, 0.15) is 5.69 Å². The third-order valence-corrected chi connectivity index (χ3v) is 4.86. The molecule has 0 radical (unpaired) electrons. The van der Waals surface area contributed by atoms with Crippen molar-refractivity contribution in [2.24, 2.45) is 7.05 Å². The highest BCUT2D eigenvalue weighted by Crippen LogP contribution is 2.30. The molecule has 1 amide bonds. The van der Waals surface area contributed by atoms with Crippen molar-refractivity contribution in [3.05, 3.63) is 100 Å². The maximum Gasteiger partial charge on any atom is 0.271 e. The molecule has 2 heterocycles. The summed E-state index contributed by atoms with van der Waals surface area (Å²) in [6.45, 7) is 0.412. The van der Waals surface area contributed by atoms with Gasteiger partial charge < -0.3 is 10.3 Å². The van der Waals surface area contributed by atoms with Crippen LogP contribution in [0, 0.1) is 0 Å². The molecule has 4 aromatic rings. The van der Waals surface area contributed by atoms with Crippen LogP contribution in [0.2, 0.25) is 0 Å². The number of aromatic nitrogens is 3. The van der Waals surface area contributed by atoms with Crippen LogP contribution in [0.15, 0.2) is 77.7 Å². The van der Waals surface area contributed by atoms with E-state index >= 15 is 0 Å². The minimum atomic E-state index is -0.309. The normalized spacial score (nSPS) is 12.0. The molecular weight excluding hydrogens is 352 g/mol. The summed E-state index contributed by atoms with van der Waals surface area (Å²) in [4.78, 5) is 27.4. The van der Waals surface area contributed by atoms with E-state index in [1.807, 2.05) is 42.6 Å². The largest absolute Gasteiger partial charge is 0.361 e. The molecule has 2 aromatic heterocycles. The fraction of sp³-hybridized carbons (Fsp3) is 0.136. The molecule has 6 heteroatoms. The van der Waals surface area contributed by atoms with Gasteiger partial charge in [-0.3, -0.25) is 9.59 Å². The number of amides is 1. The van der Waals surface area contributed by atoms with Crippen molar-refractivity contribution in [1.29, 1.82) is 0 Å². The summed E-state index contributed by atoms with van der Waals surface area (Å²) in [5, 5.41) is 8.12. The third-order valence-electron chi connectivity index (χ3n) is 4.86. The van der Waals surface area contributed by atoms with E-state index in [1.165, 1.54) is 19.2 Å². The summed E-state index contributed by atoms with van der Waals surface area (Å²) in [5.41, 5.74) is 3.26. The number of hydrogen-bond acceptors (Lipinski definition) is 3. The first-order valence-corrected chi connectivity index (χ1v) is 9.07. The Morgan fingerprint density at radius 3 is 2.61 bits per heavy atom. The Morgan fingerprint density at radius 2 is 1.82 bits per heavy atom. The smallest absolute Gasteiger partial charge is 0.271 e. The molecule has 2 N–H and O–H groups in total. The van der Waals surface area contributed by atoms with Gasteiger partial charge >= 0.3 is 0 Å². The number of carbonyl (C=O) groups is 1. The SMILES string of the molecule is Cn1nc(C(=O)NC[C@@H](c2ccccc2)c2c[nH]c3ccccc23)ccc1=O. The summed E-state index contributed by atoms with van der Waals surface area (Å²) < 4.78 is 1.16. The summed E-state index contributed by atoms with van der Waals surface area (Å²) in [7, 11) is 1.53. The molecule has 2 aromatic carbocycles. The Labute approximate surface area is 161 Å². The van der Waals surface area contributed by atoms with Gasteiger partial charge in [0.25, 0.3) is 11.5 Å². The van der Waals surface area contributed by atoms with Gasteiger partial charge in [0.05, 0.1) is 0 Å². The molecule has 0 aliphatic heterocycles. The molecule has 140 valence electrons. The van der Waals surface area contributed by atoms with Crippen molar-refractivity contribution in [2.75, 3.05) is 6.54 Å². The van der Waals surface area contributed by atoms with E-state index in [0.29, 0.717) is 6.54 Å². The van der Waals surface area contributed by atoms with E-state index < -0.39 is 0 Å². The molecule has 0 bridgehead atoms. The average molecular weight is 372 g/mol. The molecule has 0 saturated carbocycles. The van der Waals surface area contributed by atoms with Crippen molar-refractivity contribution in [3.63, 3.8) is 0 Å². The number of rotatable bonds is 5. The zero-order valence-electron chi connectivity index (χ0n) is 15.4. The van der Waals surface area contributed by atoms with E-state index in [4.69, 9.17) is 0 Å². The van der Waals surface area contributed by atoms with Gasteiger partial charge in [-0.15, -0.1) is 0 Å². The van der Waals surface area contributed by atoms with Crippen LogP contribution in [-0.2, 0) is 7.05 Å². The second-order valence-corrected chi connectivity index (χ2v) is 6.64. The maximum atomic E-state index is 12.6. The number of nitrogens with one attached hydrogen (secondary N) is 2. The minimum Gasteiger partial charge on any atom is -0.361 e. The lowest BCUT2D eigenvalue weighted by atomic mass is 9.91. The van der Waals surface area contributed by atoms with Crippen molar-refractivity contribution in [2.45, 2.75) is 5.92 Å². The van der Waals surface area contributed by atoms with Crippen LogP contribution >= 0.6 is 0 Å². The number of aryl methyl sites for hydroxylation is 1. The molecule has 4 rings (SSSR count). The van der Waals surface area contributed by atoms with Gasteiger partial charge in [-0.05, 0) is 23.3 Å². The van der Waals surface area contributed by atoms with Crippen molar-refractivity contribution in [1.82, 2.24) is 20.1 Å². The zero-order valence-corrected chi connectivity index (χ0v) is 15.4. The Hall–Kier alpha value is -3.67. The van der Waals surface area contributed by atoms with Gasteiger partial charge in [-0.2, -0.15) is 5.10 Å². The Bertz CT molecular complexity index is 1180. The first-order chi connectivity index (χ1) is 13.6. The molecular formula is C22H20N4O2. The summed E-state index contributed by atoms with van der Waals surface area (Å²) in [5.74, 6) is -0.329. The maximum absolute atomic E-state index is 12.6. The van der Waals surface area contributed by atoms with Crippen LogP contribution in [0.25, 0.3) is 10.9 Å². The fourth-order valence-electron chi connectivity index (χ4n) is 3.38. The number of benzene rings is 2. The van der Waals surface area contributed by atoms with Crippen molar-refractivity contribution in [3.8, 4) is 0 Å². The van der Waals surface area contributed by atoms with Crippen LogP contribution in [0.3, 0.4) is 0 Å². The summed E-state index contributed by atoms with van der Waals surface area (Å²) in [6, 6.07) is 21.0. The van der Waals surface area contributed by atoms with Crippen LogP contribution in [0.1, 0.15) is 27.5 Å². The molecule has 1 atom stereocenters. The second kappa shape index (κ2) is 7.52. The second-order valence-electron chi connectivity index (χ2n) is 6.64. The van der Waals surface area contributed by atoms with Gasteiger partial charge in [0, 0.05) is 42.7 Å². The summed E-state index contributed by atoms with van der Waals surface area (Å²) >= 11 is 0. The highest BCUT2D eigenvalue weighted by atomic mass is 16.2. The quantitative estimate of drug-likeness (QED) is 0.565. The molecule has 0 fully saturated rings. The van der Waals surface area contributed by atoms with Gasteiger partial charge in [0.15, 0.2) is 0 Å². The molecule has 0 aliphatic rings. The van der Waals surface area contributed by atoms with E-state index in [9.17, 15) is 9.59 Å². The summed E-state index contributed by atoms with van der Waals surface area (Å²) in [6.07, 6.45) is 2.00. The Kier molecular flexibility index (Phi) is 4.76. The highest BCUT2D eigenvalue weighted by Gasteiger charge is 2.19. The van der Waals surface area contributed by atoms with Crippen molar-refractivity contribution < 1.29 is 4.79 Å². The molecule has 6 nitrogen and oxygen atoms in total. The Morgan fingerprint density at radius 1 is 1.07 bits per heavy atom. The molecule has 28 heavy (non-hydrogen) atoms. The third kappa shape index (κ3) is 3.44. The standard InChI is InChI=1S/C22H20N4O2/c1-26-21(27)12-11-20(25-26)22(28)24-13-17(15-7-3-2-4-8-15)18-14-23-19-10-6-5-9-16(18)19/h2-12,14,17,23H,13H2,1H3,(H,24,28)/t17-/m0/s1. The topological polar surface area (TPSA) is 79.8 Å². The number of aromatic amines is 1. The number of fused-ring (bicyclic) bond motifs is 1. The first kappa shape index (κ1) is 17.7. The predicted octanol–water partition coefficient (Wildman–Crippen LogP) is 2.82. The van der Waals surface area contributed by atoms with E-state index in [0.717, 1.165) is 26.7 Å². The number of para-hydroxylation sites is 1. The number of carbonyl (C=O) groups excluding carboxylic acids is 1. The number of nitrogens with zero attached hydrogens (tertiary/aromatic N) is 2. The average Bonchev–Trinajstić information content (AvgIpc) is 3.15. The van der Waals surface area contributed by atoms with E-state index in [1.54, 1.807) is 0 Å². The van der Waals surface area contributed by atoms with E-state index in [-0.39, 0.29) is 23.1 Å². The predicted molar refractivity (Wildman–Crippen MR) is 108 cm³/mol. The van der Waals surface area contributed by atoms with Crippen molar-refractivity contribution >= 4 is 16.8 Å². The highest BCUT2D eigenvalue weighted by molar-refractivity contribution is 5.92.